The normalized spacial score (nSPS) is 18.9. The van der Waals surface area contributed by atoms with Crippen molar-refractivity contribution in [1.82, 2.24) is 5.32 Å². The third-order valence-electron chi connectivity index (χ3n) is 3.53. The molecule has 0 spiro atoms. The van der Waals surface area contributed by atoms with Gasteiger partial charge in [0.25, 0.3) is 5.69 Å². The van der Waals surface area contributed by atoms with Gasteiger partial charge in [0.05, 0.1) is 20.7 Å². The topological polar surface area (TPSA) is 58.4 Å². The standard InChI is InChI=1S/C13H17Cl2N3O2/c1-17(8-9-3-2-4-16-7-9)13-11(14)5-10(18(19)20)6-12(13)15/h5-6,9,16H,2-4,7-8H2,1H3. The first-order valence-corrected chi connectivity index (χ1v) is 7.30. The van der Waals surface area contributed by atoms with Gasteiger partial charge in [-0.1, -0.05) is 23.2 Å². The highest BCUT2D eigenvalue weighted by Gasteiger charge is 2.20. The summed E-state index contributed by atoms with van der Waals surface area (Å²) in [5.74, 6) is 0.538. The van der Waals surface area contributed by atoms with Crippen molar-refractivity contribution in [3.63, 3.8) is 0 Å². The minimum Gasteiger partial charge on any atom is -0.372 e. The van der Waals surface area contributed by atoms with Crippen LogP contribution in [0.2, 0.25) is 10.0 Å². The fourth-order valence-corrected chi connectivity index (χ4v) is 3.34. The maximum atomic E-state index is 10.8. The number of halogens is 2. The zero-order valence-electron chi connectivity index (χ0n) is 11.2. The Morgan fingerprint density at radius 1 is 1.45 bits per heavy atom. The van der Waals surface area contributed by atoms with E-state index in [0.717, 1.165) is 19.6 Å². The van der Waals surface area contributed by atoms with Crippen LogP contribution in [0.3, 0.4) is 0 Å². The van der Waals surface area contributed by atoms with Crippen molar-refractivity contribution in [1.29, 1.82) is 0 Å². The second-order valence-corrected chi connectivity index (χ2v) is 5.92. The molecule has 1 aromatic rings. The Bertz CT molecular complexity index is 481. The van der Waals surface area contributed by atoms with Crippen molar-refractivity contribution < 1.29 is 4.92 Å². The van der Waals surface area contributed by atoms with Crippen LogP contribution in [0.5, 0.6) is 0 Å². The van der Waals surface area contributed by atoms with Gasteiger partial charge in [-0.05, 0) is 31.8 Å². The lowest BCUT2D eigenvalue weighted by Gasteiger charge is -2.29. The molecule has 0 radical (unpaired) electrons. The number of hydrogen-bond donors (Lipinski definition) is 1. The minimum absolute atomic E-state index is 0.0866. The van der Waals surface area contributed by atoms with Crippen molar-refractivity contribution in [2.45, 2.75) is 12.8 Å². The van der Waals surface area contributed by atoms with Gasteiger partial charge in [-0.2, -0.15) is 0 Å². The largest absolute Gasteiger partial charge is 0.372 e. The molecule has 1 N–H and O–H groups in total. The van der Waals surface area contributed by atoms with Gasteiger partial charge < -0.3 is 10.2 Å². The Morgan fingerprint density at radius 3 is 2.60 bits per heavy atom. The lowest BCUT2D eigenvalue weighted by molar-refractivity contribution is -0.384. The lowest BCUT2D eigenvalue weighted by atomic mass is 9.99. The van der Waals surface area contributed by atoms with E-state index in [0.29, 0.717) is 21.7 Å². The summed E-state index contributed by atoms with van der Waals surface area (Å²) in [4.78, 5) is 12.3. The molecule has 1 saturated heterocycles. The molecule has 0 amide bonds. The molecule has 1 unspecified atom stereocenters. The van der Waals surface area contributed by atoms with Crippen LogP contribution in [-0.4, -0.2) is 31.6 Å². The van der Waals surface area contributed by atoms with E-state index < -0.39 is 4.92 Å². The molecule has 7 heteroatoms. The number of nitro benzene ring substituents is 1. The van der Waals surface area contributed by atoms with Crippen LogP contribution in [0, 0.1) is 16.0 Å². The Hall–Kier alpha value is -1.04. The molecule has 1 aromatic carbocycles. The summed E-state index contributed by atoms with van der Waals surface area (Å²) >= 11 is 12.3. The van der Waals surface area contributed by atoms with Crippen LogP contribution in [0.4, 0.5) is 11.4 Å². The predicted octanol–water partition coefficient (Wildman–Crippen LogP) is 3.34. The van der Waals surface area contributed by atoms with Gasteiger partial charge in [0, 0.05) is 25.7 Å². The maximum Gasteiger partial charge on any atom is 0.272 e. The van der Waals surface area contributed by atoms with E-state index in [-0.39, 0.29) is 5.69 Å². The van der Waals surface area contributed by atoms with E-state index in [1.165, 1.54) is 25.0 Å². The molecule has 1 atom stereocenters. The van der Waals surface area contributed by atoms with Gasteiger partial charge in [-0.3, -0.25) is 10.1 Å². The summed E-state index contributed by atoms with van der Waals surface area (Å²) in [6.07, 6.45) is 2.33. The van der Waals surface area contributed by atoms with Gasteiger partial charge in [-0.25, -0.2) is 0 Å². The quantitative estimate of drug-likeness (QED) is 0.683. The SMILES string of the molecule is CN(CC1CCCNC1)c1c(Cl)cc([N+](=O)[O-])cc1Cl. The lowest BCUT2D eigenvalue weighted by Crippen LogP contribution is -2.37. The summed E-state index contributed by atoms with van der Waals surface area (Å²) in [5.41, 5.74) is 0.570. The van der Waals surface area contributed by atoms with Gasteiger partial charge in [-0.15, -0.1) is 0 Å². The third-order valence-corrected chi connectivity index (χ3v) is 4.10. The molecule has 110 valence electrons. The van der Waals surface area contributed by atoms with Gasteiger partial charge >= 0.3 is 0 Å². The molecular formula is C13H17Cl2N3O2. The number of rotatable bonds is 4. The number of nitrogens with one attached hydrogen (secondary N) is 1. The number of anilines is 1. The van der Waals surface area contributed by atoms with Crippen LogP contribution in [0.1, 0.15) is 12.8 Å². The maximum absolute atomic E-state index is 10.8. The molecule has 0 saturated carbocycles. The average molecular weight is 318 g/mol. The van der Waals surface area contributed by atoms with Crippen LogP contribution in [0.25, 0.3) is 0 Å². The fourth-order valence-electron chi connectivity index (χ4n) is 2.58. The number of piperidine rings is 1. The van der Waals surface area contributed by atoms with Crippen molar-refractivity contribution >= 4 is 34.6 Å². The number of non-ortho nitro benzene ring substituents is 1. The molecule has 0 aromatic heterocycles. The molecule has 0 bridgehead atoms. The highest BCUT2D eigenvalue weighted by molar-refractivity contribution is 6.39. The van der Waals surface area contributed by atoms with E-state index >= 15 is 0 Å². The summed E-state index contributed by atoms with van der Waals surface area (Å²) in [6, 6.07) is 2.69. The van der Waals surface area contributed by atoms with Crippen molar-refractivity contribution in [2.24, 2.45) is 5.92 Å². The molecule has 1 heterocycles. The minimum atomic E-state index is -0.493. The van der Waals surface area contributed by atoms with Crippen molar-refractivity contribution in [2.75, 3.05) is 31.6 Å². The fraction of sp³-hybridized carbons (Fsp3) is 0.538. The number of nitrogens with zero attached hydrogens (tertiary/aromatic N) is 2. The van der Waals surface area contributed by atoms with E-state index in [4.69, 9.17) is 23.2 Å². The highest BCUT2D eigenvalue weighted by Crippen LogP contribution is 2.37. The molecule has 0 aliphatic carbocycles. The number of benzene rings is 1. The molecule has 1 aliphatic rings. The zero-order valence-corrected chi connectivity index (χ0v) is 12.7. The number of hydrogen-bond acceptors (Lipinski definition) is 4. The summed E-state index contributed by atoms with van der Waals surface area (Å²) in [7, 11) is 1.91. The van der Waals surface area contributed by atoms with Gasteiger partial charge in [0.1, 0.15) is 0 Å². The number of nitro groups is 1. The summed E-state index contributed by atoms with van der Waals surface area (Å²) in [6.45, 7) is 2.87. The molecule has 1 aliphatic heterocycles. The molecule has 1 fully saturated rings. The second-order valence-electron chi connectivity index (χ2n) is 5.11. The van der Waals surface area contributed by atoms with Gasteiger partial charge in [0.15, 0.2) is 0 Å². The van der Waals surface area contributed by atoms with Crippen molar-refractivity contribution in [3.05, 3.63) is 32.3 Å². The Labute approximate surface area is 128 Å². The van der Waals surface area contributed by atoms with E-state index in [1.807, 2.05) is 11.9 Å². The molecular weight excluding hydrogens is 301 g/mol. The molecule has 5 nitrogen and oxygen atoms in total. The van der Waals surface area contributed by atoms with Gasteiger partial charge in [0.2, 0.25) is 0 Å². The third kappa shape index (κ3) is 3.53. The van der Waals surface area contributed by atoms with Crippen molar-refractivity contribution in [3.8, 4) is 0 Å². The Kier molecular flexibility index (Phi) is 5.07. The first kappa shape index (κ1) is 15.4. The first-order chi connectivity index (χ1) is 9.49. The summed E-state index contributed by atoms with van der Waals surface area (Å²) < 4.78 is 0. The average Bonchev–Trinajstić information content (AvgIpc) is 2.38. The smallest absolute Gasteiger partial charge is 0.272 e. The summed E-state index contributed by atoms with van der Waals surface area (Å²) in [5, 5.41) is 14.8. The second kappa shape index (κ2) is 6.61. The first-order valence-electron chi connectivity index (χ1n) is 6.54. The molecule has 2 rings (SSSR count). The predicted molar refractivity (Wildman–Crippen MR) is 82.0 cm³/mol. The molecule has 20 heavy (non-hydrogen) atoms. The van der Waals surface area contributed by atoms with Crippen LogP contribution in [0.15, 0.2) is 12.1 Å². The highest BCUT2D eigenvalue weighted by atomic mass is 35.5. The van der Waals surface area contributed by atoms with E-state index in [2.05, 4.69) is 5.32 Å². The Balaban J connectivity index is 2.16. The van der Waals surface area contributed by atoms with Crippen LogP contribution >= 0.6 is 23.2 Å². The van der Waals surface area contributed by atoms with Crippen LogP contribution in [-0.2, 0) is 0 Å². The Morgan fingerprint density at radius 2 is 2.10 bits per heavy atom. The van der Waals surface area contributed by atoms with E-state index in [9.17, 15) is 10.1 Å². The monoisotopic (exact) mass is 317 g/mol. The van der Waals surface area contributed by atoms with Crippen LogP contribution < -0.4 is 10.2 Å². The zero-order chi connectivity index (χ0) is 14.7. The van der Waals surface area contributed by atoms with E-state index in [1.54, 1.807) is 0 Å².